The van der Waals surface area contributed by atoms with E-state index < -0.39 is 0 Å². The van der Waals surface area contributed by atoms with Gasteiger partial charge in [-0.05, 0) is 61.0 Å². The van der Waals surface area contributed by atoms with Gasteiger partial charge in [0.2, 0.25) is 5.82 Å². The lowest BCUT2D eigenvalue weighted by Crippen LogP contribution is -2.25. The largest absolute Gasteiger partial charge is 0.495 e. The Kier molecular flexibility index (Phi) is 6.80. The number of aromatic nitrogens is 2. The number of carbonyl (C=O) groups is 1. The molecule has 2 aromatic carbocycles. The van der Waals surface area contributed by atoms with Gasteiger partial charge in [0.05, 0.1) is 17.5 Å². The van der Waals surface area contributed by atoms with E-state index in [-0.39, 0.29) is 11.7 Å². The molecule has 0 radical (unpaired) electrons. The Labute approximate surface area is 217 Å². The van der Waals surface area contributed by atoms with Gasteiger partial charge in [-0.3, -0.25) is 4.79 Å². The highest BCUT2D eigenvalue weighted by molar-refractivity contribution is 7.19. The van der Waals surface area contributed by atoms with Gasteiger partial charge >= 0.3 is 0 Å². The summed E-state index contributed by atoms with van der Waals surface area (Å²) in [6.07, 6.45) is 0.911. The van der Waals surface area contributed by atoms with Crippen LogP contribution in [0.1, 0.15) is 26.6 Å². The first kappa shape index (κ1) is 23.8. The number of amides is 1. The number of rotatable bonds is 6. The van der Waals surface area contributed by atoms with Crippen LogP contribution >= 0.6 is 34.5 Å². The standard InChI is InChI=1S/C25H23Cl2N5O2S/c1-32-10-9-17-20(13-32)35-25-21(17)22(28-12-14-3-8-19(34-2)18(27)11-14)30-23(31-25)24(33)29-16-6-4-15(26)5-7-16/h3-8,11H,9-10,12-13H2,1-2H3,(H,29,33)(H,28,30,31). The fraction of sp³-hybridized carbons (Fsp3) is 0.240. The molecular weight excluding hydrogens is 505 g/mol. The van der Waals surface area contributed by atoms with Crippen molar-refractivity contribution in [1.29, 1.82) is 0 Å². The molecule has 3 heterocycles. The van der Waals surface area contributed by atoms with E-state index in [4.69, 9.17) is 27.9 Å². The first-order valence-electron chi connectivity index (χ1n) is 11.1. The summed E-state index contributed by atoms with van der Waals surface area (Å²) in [7, 11) is 3.70. The second-order valence-electron chi connectivity index (χ2n) is 8.35. The molecule has 0 unspecified atom stereocenters. The molecule has 2 N–H and O–H groups in total. The summed E-state index contributed by atoms with van der Waals surface area (Å²) in [5, 5.41) is 8.41. The molecule has 5 rings (SSSR count). The maximum absolute atomic E-state index is 13.0. The van der Waals surface area contributed by atoms with Gasteiger partial charge in [0.25, 0.3) is 5.91 Å². The average molecular weight is 528 g/mol. The van der Waals surface area contributed by atoms with Crippen molar-refractivity contribution in [3.63, 3.8) is 0 Å². The molecule has 0 fully saturated rings. The monoisotopic (exact) mass is 527 g/mol. The molecule has 10 heteroatoms. The Morgan fingerprint density at radius 2 is 1.97 bits per heavy atom. The zero-order chi connectivity index (χ0) is 24.5. The minimum absolute atomic E-state index is 0.106. The number of methoxy groups -OCH3 is 1. The smallest absolute Gasteiger partial charge is 0.293 e. The quantitative estimate of drug-likeness (QED) is 0.327. The number of carbonyl (C=O) groups excluding carboxylic acids is 1. The zero-order valence-electron chi connectivity index (χ0n) is 19.2. The predicted molar refractivity (Wildman–Crippen MR) is 142 cm³/mol. The van der Waals surface area contributed by atoms with E-state index in [0.29, 0.717) is 33.8 Å². The number of thiophene rings is 1. The number of hydrogen-bond donors (Lipinski definition) is 2. The van der Waals surface area contributed by atoms with Crippen molar-refractivity contribution in [3.05, 3.63) is 74.3 Å². The minimum Gasteiger partial charge on any atom is -0.495 e. The number of hydrogen-bond acceptors (Lipinski definition) is 7. The first-order valence-corrected chi connectivity index (χ1v) is 12.6. The van der Waals surface area contributed by atoms with Gasteiger partial charge in [-0.25, -0.2) is 9.97 Å². The Morgan fingerprint density at radius 3 is 2.71 bits per heavy atom. The number of benzene rings is 2. The van der Waals surface area contributed by atoms with Crippen molar-refractivity contribution in [2.24, 2.45) is 0 Å². The number of likely N-dealkylation sites (N-methyl/N-ethyl adjacent to an activating group) is 1. The Morgan fingerprint density at radius 1 is 1.17 bits per heavy atom. The molecule has 0 bridgehead atoms. The van der Waals surface area contributed by atoms with Crippen molar-refractivity contribution < 1.29 is 9.53 Å². The van der Waals surface area contributed by atoms with Gasteiger partial charge < -0.3 is 20.3 Å². The Balaban J connectivity index is 1.50. The zero-order valence-corrected chi connectivity index (χ0v) is 21.5. The van der Waals surface area contributed by atoms with Crippen LogP contribution in [-0.2, 0) is 19.5 Å². The number of anilines is 2. The summed E-state index contributed by atoms with van der Waals surface area (Å²) in [5.41, 5.74) is 2.85. The SMILES string of the molecule is COc1ccc(CNc2nc(C(=O)Nc3ccc(Cl)cc3)nc3sc4c(c23)CCN(C)C4)cc1Cl. The summed E-state index contributed by atoms with van der Waals surface area (Å²) in [4.78, 5) is 26.7. The lowest BCUT2D eigenvalue weighted by molar-refractivity contribution is 0.101. The second-order valence-corrected chi connectivity index (χ2v) is 10.3. The topological polar surface area (TPSA) is 79.4 Å². The Bertz CT molecular complexity index is 1410. The maximum atomic E-state index is 13.0. The van der Waals surface area contributed by atoms with E-state index in [1.807, 2.05) is 18.2 Å². The number of ether oxygens (including phenoxy) is 1. The van der Waals surface area contributed by atoms with Gasteiger partial charge in [-0.1, -0.05) is 29.3 Å². The summed E-state index contributed by atoms with van der Waals surface area (Å²) in [6, 6.07) is 12.6. The van der Waals surface area contributed by atoms with Gasteiger partial charge in [-0.2, -0.15) is 0 Å². The molecule has 180 valence electrons. The number of nitrogens with zero attached hydrogens (tertiary/aromatic N) is 3. The second kappa shape index (κ2) is 9.99. The third kappa shape index (κ3) is 5.06. The maximum Gasteiger partial charge on any atom is 0.293 e. The lowest BCUT2D eigenvalue weighted by atomic mass is 10.1. The lowest BCUT2D eigenvalue weighted by Gasteiger charge is -2.22. The van der Waals surface area contributed by atoms with Crippen LogP contribution in [0.3, 0.4) is 0 Å². The highest BCUT2D eigenvalue weighted by atomic mass is 35.5. The molecular formula is C25H23Cl2N5O2S. The normalized spacial score (nSPS) is 13.5. The van der Waals surface area contributed by atoms with Crippen LogP contribution in [0.2, 0.25) is 10.0 Å². The summed E-state index contributed by atoms with van der Waals surface area (Å²) >= 11 is 13.9. The molecule has 35 heavy (non-hydrogen) atoms. The molecule has 1 amide bonds. The Hall–Kier alpha value is -2.91. The van der Waals surface area contributed by atoms with E-state index >= 15 is 0 Å². The van der Waals surface area contributed by atoms with E-state index in [0.717, 1.165) is 35.3 Å². The van der Waals surface area contributed by atoms with E-state index in [1.165, 1.54) is 10.4 Å². The van der Waals surface area contributed by atoms with Crippen LogP contribution in [0.5, 0.6) is 5.75 Å². The predicted octanol–water partition coefficient (Wildman–Crippen LogP) is 5.86. The van der Waals surface area contributed by atoms with Crippen molar-refractivity contribution in [1.82, 2.24) is 14.9 Å². The molecule has 2 aromatic heterocycles. The molecule has 4 aromatic rings. The first-order chi connectivity index (χ1) is 16.9. The molecule has 7 nitrogen and oxygen atoms in total. The highest BCUT2D eigenvalue weighted by Gasteiger charge is 2.24. The van der Waals surface area contributed by atoms with Crippen LogP contribution in [-0.4, -0.2) is 41.5 Å². The van der Waals surface area contributed by atoms with E-state index in [2.05, 4.69) is 32.5 Å². The molecule has 0 aliphatic carbocycles. The van der Waals surface area contributed by atoms with Crippen LogP contribution < -0.4 is 15.4 Å². The summed E-state index contributed by atoms with van der Waals surface area (Å²) < 4.78 is 5.25. The van der Waals surface area contributed by atoms with Crippen molar-refractivity contribution >= 4 is 62.2 Å². The van der Waals surface area contributed by atoms with E-state index in [9.17, 15) is 4.79 Å². The highest BCUT2D eigenvalue weighted by Crippen LogP contribution is 2.38. The van der Waals surface area contributed by atoms with Crippen molar-refractivity contribution in [2.45, 2.75) is 19.5 Å². The minimum atomic E-state index is -0.381. The average Bonchev–Trinajstić information content (AvgIpc) is 3.21. The third-order valence-corrected chi connectivity index (χ3v) is 7.53. The number of nitrogens with one attached hydrogen (secondary N) is 2. The van der Waals surface area contributed by atoms with E-state index in [1.54, 1.807) is 42.7 Å². The van der Waals surface area contributed by atoms with Crippen LogP contribution in [0.4, 0.5) is 11.5 Å². The number of fused-ring (bicyclic) bond motifs is 3. The molecule has 0 saturated carbocycles. The summed E-state index contributed by atoms with van der Waals surface area (Å²) in [6.45, 7) is 2.31. The van der Waals surface area contributed by atoms with Gasteiger partial charge in [0.15, 0.2) is 0 Å². The summed E-state index contributed by atoms with van der Waals surface area (Å²) in [5.74, 6) is 0.991. The van der Waals surface area contributed by atoms with Crippen LogP contribution in [0.25, 0.3) is 10.2 Å². The van der Waals surface area contributed by atoms with Crippen molar-refractivity contribution in [2.75, 3.05) is 31.3 Å². The molecule has 0 atom stereocenters. The fourth-order valence-electron chi connectivity index (χ4n) is 4.08. The molecule has 1 aliphatic rings. The molecule has 0 spiro atoms. The van der Waals surface area contributed by atoms with Crippen LogP contribution in [0, 0.1) is 0 Å². The fourth-order valence-corrected chi connectivity index (χ4v) is 5.78. The third-order valence-electron chi connectivity index (χ3n) is 5.87. The number of halogens is 2. The van der Waals surface area contributed by atoms with Gasteiger partial charge in [-0.15, -0.1) is 11.3 Å². The van der Waals surface area contributed by atoms with Gasteiger partial charge in [0.1, 0.15) is 16.4 Å². The molecule has 1 aliphatic heterocycles. The van der Waals surface area contributed by atoms with Crippen LogP contribution in [0.15, 0.2) is 42.5 Å². The van der Waals surface area contributed by atoms with Gasteiger partial charge in [0, 0.05) is 35.2 Å². The molecule has 0 saturated heterocycles. The van der Waals surface area contributed by atoms with Crippen molar-refractivity contribution in [3.8, 4) is 5.75 Å².